The summed E-state index contributed by atoms with van der Waals surface area (Å²) < 4.78 is 4.84. The van der Waals surface area contributed by atoms with Crippen LogP contribution < -0.4 is 10.6 Å². The van der Waals surface area contributed by atoms with Gasteiger partial charge in [0.25, 0.3) is 0 Å². The van der Waals surface area contributed by atoms with E-state index in [1.165, 1.54) is 0 Å². The number of amides is 1. The van der Waals surface area contributed by atoms with Crippen LogP contribution in [0.1, 0.15) is 33.6 Å². The minimum Gasteiger partial charge on any atom is -0.465 e. The van der Waals surface area contributed by atoms with Crippen LogP contribution in [-0.4, -0.2) is 36.6 Å². The predicted molar refractivity (Wildman–Crippen MR) is 59.9 cm³/mol. The van der Waals surface area contributed by atoms with Crippen LogP contribution in [0.15, 0.2) is 0 Å². The molecule has 0 spiro atoms. The molecule has 1 fully saturated rings. The second-order valence-corrected chi connectivity index (χ2v) is 4.14. The molecule has 2 atom stereocenters. The minimum atomic E-state index is -0.458. The van der Waals surface area contributed by atoms with Crippen molar-refractivity contribution in [2.75, 3.05) is 6.61 Å². The van der Waals surface area contributed by atoms with Crippen molar-refractivity contribution in [3.05, 3.63) is 0 Å². The molecule has 0 radical (unpaired) electrons. The number of hydrogen-bond donors (Lipinski definition) is 2. The number of carbonyl (C=O) groups excluding carboxylic acids is 2. The van der Waals surface area contributed by atoms with Crippen LogP contribution in [0, 0.1) is 0 Å². The van der Waals surface area contributed by atoms with Crippen molar-refractivity contribution in [3.63, 3.8) is 0 Å². The Morgan fingerprint density at radius 1 is 1.31 bits per heavy atom. The van der Waals surface area contributed by atoms with E-state index in [1.54, 1.807) is 20.8 Å². The summed E-state index contributed by atoms with van der Waals surface area (Å²) in [7, 11) is 0. The van der Waals surface area contributed by atoms with Crippen molar-refractivity contribution >= 4 is 11.9 Å². The molecular formula is C11H20N2O3. The summed E-state index contributed by atoms with van der Waals surface area (Å²) >= 11 is 0. The summed E-state index contributed by atoms with van der Waals surface area (Å²) in [6.07, 6.45) is 2.12. The SMILES string of the molecule is CCOC(=O)C(C)NC(C)C(=O)NC1CC1. The molecule has 0 aliphatic heterocycles. The number of ether oxygens (including phenoxy) is 1. The lowest BCUT2D eigenvalue weighted by Crippen LogP contribution is -2.49. The van der Waals surface area contributed by atoms with Gasteiger partial charge in [-0.2, -0.15) is 0 Å². The van der Waals surface area contributed by atoms with Gasteiger partial charge in [0.15, 0.2) is 0 Å². The van der Waals surface area contributed by atoms with Crippen molar-refractivity contribution in [1.29, 1.82) is 0 Å². The maximum atomic E-state index is 11.6. The molecule has 1 aliphatic carbocycles. The first-order valence-electron chi connectivity index (χ1n) is 5.77. The molecule has 0 heterocycles. The minimum absolute atomic E-state index is 0.0568. The van der Waals surface area contributed by atoms with Crippen LogP contribution in [-0.2, 0) is 14.3 Å². The van der Waals surface area contributed by atoms with Crippen molar-refractivity contribution < 1.29 is 14.3 Å². The Bertz CT molecular complexity index is 264. The summed E-state index contributed by atoms with van der Waals surface area (Å²) in [6.45, 7) is 5.55. The average Bonchev–Trinajstić information content (AvgIpc) is 3.01. The van der Waals surface area contributed by atoms with Crippen LogP contribution in [0.3, 0.4) is 0 Å². The topological polar surface area (TPSA) is 67.4 Å². The zero-order valence-electron chi connectivity index (χ0n) is 10.1. The highest BCUT2D eigenvalue weighted by Gasteiger charge is 2.27. The third-order valence-electron chi connectivity index (χ3n) is 2.46. The van der Waals surface area contributed by atoms with E-state index >= 15 is 0 Å². The first-order valence-corrected chi connectivity index (χ1v) is 5.77. The molecule has 1 aliphatic rings. The Labute approximate surface area is 95.9 Å². The van der Waals surface area contributed by atoms with Crippen molar-refractivity contribution in [2.45, 2.75) is 51.7 Å². The molecule has 1 amide bonds. The zero-order chi connectivity index (χ0) is 12.1. The van der Waals surface area contributed by atoms with Crippen LogP contribution in [0.5, 0.6) is 0 Å². The monoisotopic (exact) mass is 228 g/mol. The average molecular weight is 228 g/mol. The Kier molecular flexibility index (Phi) is 4.73. The highest BCUT2D eigenvalue weighted by atomic mass is 16.5. The van der Waals surface area contributed by atoms with Gasteiger partial charge in [-0.3, -0.25) is 14.9 Å². The van der Waals surface area contributed by atoms with Crippen LogP contribution >= 0.6 is 0 Å². The van der Waals surface area contributed by atoms with E-state index in [-0.39, 0.29) is 17.9 Å². The van der Waals surface area contributed by atoms with Crippen LogP contribution in [0.4, 0.5) is 0 Å². The van der Waals surface area contributed by atoms with E-state index in [1.807, 2.05) is 0 Å². The summed E-state index contributed by atoms with van der Waals surface area (Å²) in [5.41, 5.74) is 0. The largest absolute Gasteiger partial charge is 0.465 e. The molecule has 5 nitrogen and oxygen atoms in total. The lowest BCUT2D eigenvalue weighted by Gasteiger charge is -2.18. The fraction of sp³-hybridized carbons (Fsp3) is 0.818. The van der Waals surface area contributed by atoms with Crippen molar-refractivity contribution in [1.82, 2.24) is 10.6 Å². The summed E-state index contributed by atoms with van der Waals surface area (Å²) in [4.78, 5) is 22.9. The molecule has 92 valence electrons. The molecule has 16 heavy (non-hydrogen) atoms. The van der Waals surface area contributed by atoms with E-state index in [0.29, 0.717) is 12.6 Å². The molecular weight excluding hydrogens is 208 g/mol. The van der Waals surface area contributed by atoms with E-state index in [9.17, 15) is 9.59 Å². The summed E-state index contributed by atoms with van der Waals surface area (Å²) in [5, 5.41) is 5.79. The number of hydrogen-bond acceptors (Lipinski definition) is 4. The van der Waals surface area contributed by atoms with Gasteiger partial charge in [0, 0.05) is 6.04 Å². The van der Waals surface area contributed by atoms with E-state index in [2.05, 4.69) is 10.6 Å². The molecule has 5 heteroatoms. The highest BCUT2D eigenvalue weighted by molar-refractivity contribution is 5.83. The molecule has 0 aromatic heterocycles. The predicted octanol–water partition coefficient (Wildman–Crippen LogP) is 0.195. The first-order chi connectivity index (χ1) is 7.54. The van der Waals surface area contributed by atoms with Gasteiger partial charge in [-0.25, -0.2) is 0 Å². The molecule has 1 saturated carbocycles. The molecule has 0 bridgehead atoms. The number of carbonyl (C=O) groups is 2. The Morgan fingerprint density at radius 3 is 2.44 bits per heavy atom. The summed E-state index contributed by atoms with van der Waals surface area (Å²) in [5.74, 6) is -0.382. The molecule has 2 unspecified atom stereocenters. The maximum Gasteiger partial charge on any atom is 0.322 e. The van der Waals surface area contributed by atoms with Gasteiger partial charge in [-0.1, -0.05) is 0 Å². The van der Waals surface area contributed by atoms with Crippen molar-refractivity contribution in [3.8, 4) is 0 Å². The zero-order valence-corrected chi connectivity index (χ0v) is 10.1. The third-order valence-corrected chi connectivity index (χ3v) is 2.46. The highest BCUT2D eigenvalue weighted by Crippen LogP contribution is 2.18. The van der Waals surface area contributed by atoms with E-state index in [4.69, 9.17) is 4.74 Å². The normalized spacial score (nSPS) is 18.7. The Morgan fingerprint density at radius 2 is 1.94 bits per heavy atom. The quantitative estimate of drug-likeness (QED) is 0.637. The third kappa shape index (κ3) is 4.18. The van der Waals surface area contributed by atoms with Crippen molar-refractivity contribution in [2.24, 2.45) is 0 Å². The fourth-order valence-electron chi connectivity index (χ4n) is 1.34. The van der Waals surface area contributed by atoms with Gasteiger partial charge in [0.2, 0.25) is 5.91 Å². The maximum absolute atomic E-state index is 11.6. The molecule has 1 rings (SSSR count). The lowest BCUT2D eigenvalue weighted by atomic mass is 10.2. The second-order valence-electron chi connectivity index (χ2n) is 4.14. The number of rotatable bonds is 6. The number of nitrogens with one attached hydrogen (secondary N) is 2. The van der Waals surface area contributed by atoms with E-state index in [0.717, 1.165) is 12.8 Å². The standard InChI is InChI=1S/C11H20N2O3/c1-4-16-11(15)8(3)12-7(2)10(14)13-9-5-6-9/h7-9,12H,4-6H2,1-3H3,(H,13,14). The van der Waals surface area contributed by atoms with Crippen LogP contribution in [0.2, 0.25) is 0 Å². The summed E-state index contributed by atoms with van der Waals surface area (Å²) in [6, 6.07) is -0.491. The van der Waals surface area contributed by atoms with Gasteiger partial charge in [0.1, 0.15) is 6.04 Å². The molecule has 0 aromatic rings. The molecule has 2 N–H and O–H groups in total. The van der Waals surface area contributed by atoms with Crippen LogP contribution in [0.25, 0.3) is 0 Å². The smallest absolute Gasteiger partial charge is 0.322 e. The number of esters is 1. The van der Waals surface area contributed by atoms with Gasteiger partial charge in [0.05, 0.1) is 12.6 Å². The van der Waals surface area contributed by atoms with E-state index < -0.39 is 6.04 Å². The van der Waals surface area contributed by atoms with Gasteiger partial charge in [-0.05, 0) is 33.6 Å². The first kappa shape index (κ1) is 13.0. The van der Waals surface area contributed by atoms with Gasteiger partial charge in [-0.15, -0.1) is 0 Å². The Hall–Kier alpha value is -1.10. The Balaban J connectivity index is 2.27. The van der Waals surface area contributed by atoms with Gasteiger partial charge >= 0.3 is 5.97 Å². The van der Waals surface area contributed by atoms with Gasteiger partial charge < -0.3 is 10.1 Å². The lowest BCUT2D eigenvalue weighted by molar-refractivity contribution is -0.145. The second kappa shape index (κ2) is 5.84. The molecule has 0 aromatic carbocycles. The molecule has 0 saturated heterocycles. The fourth-order valence-corrected chi connectivity index (χ4v) is 1.34.